The molecule has 5 heteroatoms. The van der Waals surface area contributed by atoms with E-state index in [0.29, 0.717) is 29.9 Å². The molecule has 118 valence electrons. The van der Waals surface area contributed by atoms with Crippen LogP contribution in [0.4, 0.5) is 0 Å². The Morgan fingerprint density at radius 1 is 1.43 bits per heavy atom. The maximum Gasteiger partial charge on any atom is 0.164 e. The van der Waals surface area contributed by atoms with Crippen molar-refractivity contribution in [2.75, 3.05) is 13.7 Å². The minimum atomic E-state index is 0.0262. The molecule has 1 aromatic carbocycles. The van der Waals surface area contributed by atoms with Crippen LogP contribution in [0, 0.1) is 0 Å². The number of rotatable bonds is 6. The number of hydrogen-bond donors (Lipinski definition) is 1. The Hall–Kier alpha value is -0.970. The van der Waals surface area contributed by atoms with Crippen molar-refractivity contribution in [2.45, 2.75) is 51.4 Å². The van der Waals surface area contributed by atoms with Gasteiger partial charge >= 0.3 is 0 Å². The van der Waals surface area contributed by atoms with Gasteiger partial charge in [0.05, 0.1) is 19.3 Å². The zero-order valence-electron chi connectivity index (χ0n) is 12.9. The predicted molar refractivity (Wildman–Crippen MR) is 84.4 cm³/mol. The molecule has 0 aromatic heterocycles. The summed E-state index contributed by atoms with van der Waals surface area (Å²) in [6, 6.07) is 3.68. The third-order valence-electron chi connectivity index (χ3n) is 3.59. The van der Waals surface area contributed by atoms with Crippen molar-refractivity contribution in [3.05, 3.63) is 22.7 Å². The number of benzene rings is 1. The molecule has 0 saturated carbocycles. The van der Waals surface area contributed by atoms with Gasteiger partial charge < -0.3 is 19.9 Å². The minimum absolute atomic E-state index is 0.0262. The molecule has 1 heterocycles. The van der Waals surface area contributed by atoms with Gasteiger partial charge in [0, 0.05) is 22.7 Å². The van der Waals surface area contributed by atoms with Crippen LogP contribution in [0.2, 0.25) is 5.02 Å². The van der Waals surface area contributed by atoms with Gasteiger partial charge in [-0.1, -0.05) is 11.6 Å². The Balaban J connectivity index is 2.14. The van der Waals surface area contributed by atoms with Gasteiger partial charge in [-0.05, 0) is 39.2 Å². The van der Waals surface area contributed by atoms with Crippen molar-refractivity contribution in [3.8, 4) is 11.5 Å². The molecule has 0 aliphatic carbocycles. The molecular formula is C16H24ClNO3. The van der Waals surface area contributed by atoms with E-state index in [-0.39, 0.29) is 12.1 Å². The highest BCUT2D eigenvalue weighted by atomic mass is 35.5. The standard InChI is InChI=1S/C16H24ClNO3/c1-10(18)6-12-7-13(17)8-15(19-3)16(12)20-9-14-5-4-11(2)21-14/h7-8,10-11,14H,4-6,9,18H2,1-3H3. The fourth-order valence-corrected chi connectivity index (χ4v) is 2.85. The van der Waals surface area contributed by atoms with Crippen LogP contribution in [0.25, 0.3) is 0 Å². The van der Waals surface area contributed by atoms with Crippen LogP contribution in [0.5, 0.6) is 11.5 Å². The van der Waals surface area contributed by atoms with E-state index >= 15 is 0 Å². The first-order valence-corrected chi connectivity index (χ1v) is 7.77. The molecule has 0 spiro atoms. The van der Waals surface area contributed by atoms with Crippen LogP contribution in [0.15, 0.2) is 12.1 Å². The summed E-state index contributed by atoms with van der Waals surface area (Å²) in [5, 5.41) is 0.626. The van der Waals surface area contributed by atoms with Crippen molar-refractivity contribution >= 4 is 11.6 Å². The maximum atomic E-state index is 6.13. The van der Waals surface area contributed by atoms with Gasteiger partial charge in [-0.3, -0.25) is 0 Å². The van der Waals surface area contributed by atoms with Crippen molar-refractivity contribution in [1.29, 1.82) is 0 Å². The summed E-state index contributed by atoms with van der Waals surface area (Å²) in [7, 11) is 1.61. The number of ether oxygens (including phenoxy) is 3. The smallest absolute Gasteiger partial charge is 0.164 e. The molecule has 1 saturated heterocycles. The Morgan fingerprint density at radius 2 is 2.19 bits per heavy atom. The highest BCUT2D eigenvalue weighted by molar-refractivity contribution is 6.30. The second kappa shape index (κ2) is 7.34. The second-order valence-corrected chi connectivity index (χ2v) is 6.17. The van der Waals surface area contributed by atoms with E-state index in [1.165, 1.54) is 0 Å². The lowest BCUT2D eigenvalue weighted by molar-refractivity contribution is 0.0257. The Labute approximate surface area is 131 Å². The molecule has 1 fully saturated rings. The van der Waals surface area contributed by atoms with Crippen LogP contribution >= 0.6 is 11.6 Å². The molecule has 3 atom stereocenters. The lowest BCUT2D eigenvalue weighted by Gasteiger charge is -2.19. The monoisotopic (exact) mass is 313 g/mol. The summed E-state index contributed by atoms with van der Waals surface area (Å²) in [5.41, 5.74) is 6.88. The predicted octanol–water partition coefficient (Wildman–Crippen LogP) is 3.18. The summed E-state index contributed by atoms with van der Waals surface area (Å²) < 4.78 is 17.2. The fraction of sp³-hybridized carbons (Fsp3) is 0.625. The molecule has 2 N–H and O–H groups in total. The highest BCUT2D eigenvalue weighted by Gasteiger charge is 2.23. The fourth-order valence-electron chi connectivity index (χ4n) is 2.62. The molecule has 1 aromatic rings. The molecule has 4 nitrogen and oxygen atoms in total. The molecule has 2 rings (SSSR count). The van der Waals surface area contributed by atoms with Gasteiger partial charge in [-0.25, -0.2) is 0 Å². The van der Waals surface area contributed by atoms with Gasteiger partial charge in [0.25, 0.3) is 0 Å². The molecule has 3 unspecified atom stereocenters. The largest absolute Gasteiger partial charge is 0.493 e. The van der Waals surface area contributed by atoms with Gasteiger partial charge in [0.15, 0.2) is 11.5 Å². The van der Waals surface area contributed by atoms with E-state index in [1.807, 2.05) is 13.0 Å². The topological polar surface area (TPSA) is 53.7 Å². The minimum Gasteiger partial charge on any atom is -0.493 e. The molecule has 1 aliphatic heterocycles. The number of methoxy groups -OCH3 is 1. The van der Waals surface area contributed by atoms with E-state index in [2.05, 4.69) is 6.92 Å². The number of nitrogens with two attached hydrogens (primary N) is 1. The first-order valence-electron chi connectivity index (χ1n) is 7.39. The van der Waals surface area contributed by atoms with Crippen molar-refractivity contribution in [1.82, 2.24) is 0 Å². The van der Waals surface area contributed by atoms with Crippen molar-refractivity contribution in [3.63, 3.8) is 0 Å². The van der Waals surface area contributed by atoms with Crippen molar-refractivity contribution < 1.29 is 14.2 Å². The van der Waals surface area contributed by atoms with Gasteiger partial charge in [-0.2, -0.15) is 0 Å². The summed E-state index contributed by atoms with van der Waals surface area (Å²) in [6.45, 7) is 4.57. The maximum absolute atomic E-state index is 6.13. The summed E-state index contributed by atoms with van der Waals surface area (Å²) >= 11 is 6.13. The Morgan fingerprint density at radius 3 is 2.76 bits per heavy atom. The van der Waals surface area contributed by atoms with Crippen LogP contribution in [-0.2, 0) is 11.2 Å². The first kappa shape index (κ1) is 16.4. The van der Waals surface area contributed by atoms with Crippen LogP contribution in [-0.4, -0.2) is 32.0 Å². The van der Waals surface area contributed by atoms with E-state index in [1.54, 1.807) is 13.2 Å². The van der Waals surface area contributed by atoms with Gasteiger partial charge in [0.2, 0.25) is 0 Å². The van der Waals surface area contributed by atoms with E-state index in [9.17, 15) is 0 Å². The first-order chi connectivity index (χ1) is 9.99. The van der Waals surface area contributed by atoms with Crippen LogP contribution in [0.1, 0.15) is 32.3 Å². The molecule has 0 amide bonds. The highest BCUT2D eigenvalue weighted by Crippen LogP contribution is 2.36. The zero-order valence-corrected chi connectivity index (χ0v) is 13.7. The summed E-state index contributed by atoms with van der Waals surface area (Å²) in [4.78, 5) is 0. The zero-order chi connectivity index (χ0) is 15.4. The van der Waals surface area contributed by atoms with Gasteiger partial charge in [0.1, 0.15) is 6.61 Å². The van der Waals surface area contributed by atoms with E-state index in [4.69, 9.17) is 31.5 Å². The average Bonchev–Trinajstić information content (AvgIpc) is 2.82. The third-order valence-corrected chi connectivity index (χ3v) is 3.81. The van der Waals surface area contributed by atoms with Crippen LogP contribution in [0.3, 0.4) is 0 Å². The van der Waals surface area contributed by atoms with Crippen molar-refractivity contribution in [2.24, 2.45) is 5.73 Å². The van der Waals surface area contributed by atoms with E-state index in [0.717, 1.165) is 24.2 Å². The average molecular weight is 314 g/mol. The molecule has 0 radical (unpaired) electrons. The molecule has 21 heavy (non-hydrogen) atoms. The summed E-state index contributed by atoms with van der Waals surface area (Å²) in [6.07, 6.45) is 3.25. The quantitative estimate of drug-likeness (QED) is 0.876. The van der Waals surface area contributed by atoms with E-state index < -0.39 is 0 Å². The third kappa shape index (κ3) is 4.50. The Bertz CT molecular complexity index is 479. The van der Waals surface area contributed by atoms with Crippen LogP contribution < -0.4 is 15.2 Å². The SMILES string of the molecule is COc1cc(Cl)cc(CC(C)N)c1OCC1CCC(C)O1. The lowest BCUT2D eigenvalue weighted by atomic mass is 10.1. The number of hydrogen-bond acceptors (Lipinski definition) is 4. The second-order valence-electron chi connectivity index (χ2n) is 5.73. The van der Waals surface area contributed by atoms with Gasteiger partial charge in [-0.15, -0.1) is 0 Å². The molecular weight excluding hydrogens is 290 g/mol. The summed E-state index contributed by atoms with van der Waals surface area (Å²) in [5.74, 6) is 1.37. The molecule has 1 aliphatic rings. The Kier molecular flexibility index (Phi) is 5.73. The lowest BCUT2D eigenvalue weighted by Crippen LogP contribution is -2.21. The number of halogens is 1. The normalized spacial score (nSPS) is 23.1. The molecule has 0 bridgehead atoms.